The van der Waals surface area contributed by atoms with E-state index in [9.17, 15) is 0 Å². The molecule has 0 aliphatic heterocycles. The molecule has 0 aromatic heterocycles. The molecule has 56 valence electrons. The van der Waals surface area contributed by atoms with Crippen molar-refractivity contribution in [3.63, 3.8) is 0 Å². The first-order chi connectivity index (χ1) is 4.70. The summed E-state index contributed by atoms with van der Waals surface area (Å²) in [6.07, 6.45) is -0.940. The number of nitriles is 1. The van der Waals surface area contributed by atoms with Gasteiger partial charge in [-0.15, -0.1) is 0 Å². The summed E-state index contributed by atoms with van der Waals surface area (Å²) in [6.45, 7) is 2.73. The molecule has 4 nitrogen and oxygen atoms in total. The van der Waals surface area contributed by atoms with Gasteiger partial charge in [0.2, 0.25) is 0 Å². The van der Waals surface area contributed by atoms with Gasteiger partial charge >= 0.3 is 0 Å². The molecule has 1 unspecified atom stereocenters. The van der Waals surface area contributed by atoms with Crippen molar-refractivity contribution < 1.29 is 14.9 Å². The van der Waals surface area contributed by atoms with E-state index in [-0.39, 0.29) is 19.0 Å². The van der Waals surface area contributed by atoms with Gasteiger partial charge in [0.05, 0.1) is 6.61 Å². The van der Waals surface area contributed by atoms with Crippen LogP contribution < -0.4 is 0 Å². The van der Waals surface area contributed by atoms with E-state index < -0.39 is 6.10 Å². The Labute approximate surface area is 59.0 Å². The van der Waals surface area contributed by atoms with Crippen molar-refractivity contribution in [3.8, 4) is 6.07 Å². The summed E-state index contributed by atoms with van der Waals surface area (Å²) in [7, 11) is 0. The van der Waals surface area contributed by atoms with Gasteiger partial charge in [-0.25, -0.2) is 0 Å². The van der Waals surface area contributed by atoms with Crippen LogP contribution in [0.3, 0.4) is 0 Å². The zero-order valence-corrected chi connectivity index (χ0v) is 5.45. The molecular weight excluding hydrogens is 134 g/mol. The second kappa shape index (κ2) is 4.79. The Morgan fingerprint density at radius 2 is 2.40 bits per heavy atom. The maximum absolute atomic E-state index is 8.68. The fourth-order valence-electron chi connectivity index (χ4n) is 0.282. The maximum Gasteiger partial charge on any atom is 0.189 e. The third kappa shape index (κ3) is 3.89. The summed E-state index contributed by atoms with van der Waals surface area (Å²) in [4.78, 5) is 0. The number of rotatable bonds is 4. The molecule has 0 saturated heterocycles. The Balaban J connectivity index is 3.37. The molecule has 0 fully saturated rings. The number of ether oxygens (including phenoxy) is 1. The summed E-state index contributed by atoms with van der Waals surface area (Å²) in [6, 6.07) is 1.63. The topological polar surface area (TPSA) is 73.5 Å². The lowest BCUT2D eigenvalue weighted by atomic mass is 10.4. The summed E-state index contributed by atoms with van der Waals surface area (Å²) >= 11 is 0. The minimum Gasteiger partial charge on any atom is -0.481 e. The Kier molecular flexibility index (Phi) is 4.29. The minimum absolute atomic E-state index is 0.0625. The Bertz CT molecular complexity index is 150. The van der Waals surface area contributed by atoms with E-state index in [1.165, 1.54) is 0 Å². The largest absolute Gasteiger partial charge is 0.481 e. The van der Waals surface area contributed by atoms with Crippen molar-refractivity contribution in [3.05, 3.63) is 12.3 Å². The molecule has 0 radical (unpaired) electrons. The zero-order chi connectivity index (χ0) is 7.98. The smallest absolute Gasteiger partial charge is 0.189 e. The molecule has 2 N–H and O–H groups in total. The molecule has 0 spiro atoms. The van der Waals surface area contributed by atoms with E-state index >= 15 is 0 Å². The normalized spacial score (nSPS) is 11.7. The van der Waals surface area contributed by atoms with E-state index in [0.29, 0.717) is 0 Å². The number of nitrogens with zero attached hydrogens (tertiary/aromatic N) is 1. The average molecular weight is 143 g/mol. The van der Waals surface area contributed by atoms with Crippen LogP contribution in [0.25, 0.3) is 0 Å². The highest BCUT2D eigenvalue weighted by Gasteiger charge is 2.01. The quantitative estimate of drug-likeness (QED) is 0.407. The van der Waals surface area contributed by atoms with Crippen LogP contribution >= 0.6 is 0 Å². The fraction of sp³-hybridized carbons (Fsp3) is 0.500. The molecule has 0 aliphatic carbocycles. The van der Waals surface area contributed by atoms with Crippen LogP contribution in [-0.4, -0.2) is 29.5 Å². The van der Waals surface area contributed by atoms with Crippen molar-refractivity contribution in [2.24, 2.45) is 0 Å². The summed E-state index contributed by atoms with van der Waals surface area (Å²) in [5.74, 6) is -0.0625. The lowest BCUT2D eigenvalue weighted by Crippen LogP contribution is -2.18. The van der Waals surface area contributed by atoms with Crippen LogP contribution in [0.1, 0.15) is 0 Å². The van der Waals surface area contributed by atoms with E-state index in [4.69, 9.17) is 15.5 Å². The average Bonchev–Trinajstić information content (AvgIpc) is 1.99. The lowest BCUT2D eigenvalue weighted by Gasteiger charge is -2.06. The highest BCUT2D eigenvalue weighted by atomic mass is 16.5. The van der Waals surface area contributed by atoms with Crippen molar-refractivity contribution in [2.45, 2.75) is 6.10 Å². The molecule has 10 heavy (non-hydrogen) atoms. The molecule has 0 aliphatic rings. The highest BCUT2D eigenvalue weighted by Crippen LogP contribution is 1.91. The number of hydrogen-bond donors (Lipinski definition) is 2. The highest BCUT2D eigenvalue weighted by molar-refractivity contribution is 5.06. The maximum atomic E-state index is 8.68. The molecule has 0 saturated carbocycles. The van der Waals surface area contributed by atoms with Crippen LogP contribution in [0.2, 0.25) is 0 Å². The van der Waals surface area contributed by atoms with E-state index in [1.807, 2.05) is 0 Å². The summed E-state index contributed by atoms with van der Waals surface area (Å²) in [5, 5.41) is 25.1. The van der Waals surface area contributed by atoms with Crippen molar-refractivity contribution in [1.29, 1.82) is 5.26 Å². The third-order valence-corrected chi connectivity index (χ3v) is 0.785. The monoisotopic (exact) mass is 143 g/mol. The number of hydrogen-bond acceptors (Lipinski definition) is 4. The second-order valence-electron chi connectivity index (χ2n) is 1.68. The van der Waals surface area contributed by atoms with Gasteiger partial charge in [-0.05, 0) is 6.58 Å². The third-order valence-electron chi connectivity index (χ3n) is 0.785. The first kappa shape index (κ1) is 8.95. The van der Waals surface area contributed by atoms with Gasteiger partial charge in [0.25, 0.3) is 0 Å². The van der Waals surface area contributed by atoms with Gasteiger partial charge in [0.1, 0.15) is 18.8 Å². The van der Waals surface area contributed by atoms with E-state index in [2.05, 4.69) is 11.3 Å². The molecule has 0 aromatic carbocycles. The van der Waals surface area contributed by atoms with Crippen molar-refractivity contribution in [1.82, 2.24) is 0 Å². The zero-order valence-electron chi connectivity index (χ0n) is 5.45. The predicted molar refractivity (Wildman–Crippen MR) is 33.8 cm³/mol. The summed E-state index contributed by atoms with van der Waals surface area (Å²) in [5.41, 5.74) is 0. The van der Waals surface area contributed by atoms with Gasteiger partial charge in [0, 0.05) is 0 Å². The van der Waals surface area contributed by atoms with Gasteiger partial charge in [-0.3, -0.25) is 0 Å². The van der Waals surface area contributed by atoms with Crippen LogP contribution in [0, 0.1) is 11.3 Å². The molecule has 0 rings (SSSR count). The van der Waals surface area contributed by atoms with Crippen LogP contribution in [0.15, 0.2) is 12.3 Å². The molecule has 1 atom stereocenters. The molecule has 0 amide bonds. The Morgan fingerprint density at radius 1 is 1.80 bits per heavy atom. The lowest BCUT2D eigenvalue weighted by molar-refractivity contribution is 0.0338. The first-order valence-corrected chi connectivity index (χ1v) is 2.71. The van der Waals surface area contributed by atoms with Crippen LogP contribution in [0.5, 0.6) is 0 Å². The Hall–Kier alpha value is -1.05. The van der Waals surface area contributed by atoms with E-state index in [1.54, 1.807) is 6.07 Å². The first-order valence-electron chi connectivity index (χ1n) is 2.71. The standard InChI is InChI=1S/C6H9NO3/c1-5(2-7)10-4-6(9)3-8/h6,8-9H,1,3-4H2. The van der Waals surface area contributed by atoms with Crippen molar-refractivity contribution in [2.75, 3.05) is 13.2 Å². The minimum atomic E-state index is -0.940. The van der Waals surface area contributed by atoms with Gasteiger partial charge in [-0.1, -0.05) is 0 Å². The second-order valence-corrected chi connectivity index (χ2v) is 1.68. The molecule has 0 bridgehead atoms. The van der Waals surface area contributed by atoms with Gasteiger partial charge in [-0.2, -0.15) is 5.26 Å². The predicted octanol–water partition coefficient (Wildman–Crippen LogP) is -0.607. The van der Waals surface area contributed by atoms with Crippen molar-refractivity contribution >= 4 is 0 Å². The van der Waals surface area contributed by atoms with Gasteiger partial charge < -0.3 is 14.9 Å². The molecule has 0 heterocycles. The van der Waals surface area contributed by atoms with Crippen LogP contribution in [0.4, 0.5) is 0 Å². The number of aliphatic hydroxyl groups is 2. The van der Waals surface area contributed by atoms with E-state index in [0.717, 1.165) is 0 Å². The van der Waals surface area contributed by atoms with Gasteiger partial charge in [0.15, 0.2) is 5.76 Å². The number of allylic oxidation sites excluding steroid dienone is 1. The molecule has 4 heteroatoms. The molecule has 0 aromatic rings. The van der Waals surface area contributed by atoms with Crippen LogP contribution in [-0.2, 0) is 4.74 Å². The fourth-order valence-corrected chi connectivity index (χ4v) is 0.282. The molecular formula is C6H9NO3. The Morgan fingerprint density at radius 3 is 2.80 bits per heavy atom. The number of aliphatic hydroxyl groups excluding tert-OH is 2. The summed E-state index contributed by atoms with van der Waals surface area (Å²) < 4.78 is 4.58. The SMILES string of the molecule is C=C(C#N)OCC(O)CO.